The highest BCUT2D eigenvalue weighted by atomic mass is 32.2. The van der Waals surface area contributed by atoms with Crippen LogP contribution in [0.15, 0.2) is 9.42 Å². The Kier molecular flexibility index (Phi) is 4.65. The number of ether oxygens (including phenoxy) is 1. The van der Waals surface area contributed by atoms with Crippen molar-refractivity contribution in [3.05, 3.63) is 5.76 Å². The molecule has 0 spiro atoms. The van der Waals surface area contributed by atoms with E-state index in [4.69, 9.17) is 9.26 Å². The molecule has 4 bridgehead atoms. The third-order valence-corrected chi connectivity index (χ3v) is 8.67. The predicted molar refractivity (Wildman–Crippen MR) is 104 cm³/mol. The molecule has 0 unspecified atom stereocenters. The Labute approximate surface area is 165 Å². The molecule has 5 aliphatic carbocycles. The summed E-state index contributed by atoms with van der Waals surface area (Å²) >= 11 is 1.73. The number of nitrogens with zero attached hydrogens (tertiary/aromatic N) is 1. The second kappa shape index (κ2) is 7.02. The summed E-state index contributed by atoms with van der Waals surface area (Å²) in [5, 5.41) is 7.98. The van der Waals surface area contributed by atoms with Gasteiger partial charge in [-0.15, -0.1) is 11.8 Å². The van der Waals surface area contributed by atoms with E-state index in [1.165, 1.54) is 51.4 Å². The molecule has 27 heavy (non-hydrogen) atoms. The van der Waals surface area contributed by atoms with Crippen LogP contribution in [0.3, 0.4) is 0 Å². The summed E-state index contributed by atoms with van der Waals surface area (Å²) in [6.45, 7) is 0. The molecule has 6 heteroatoms. The molecule has 1 N–H and O–H groups in total. The van der Waals surface area contributed by atoms with Gasteiger partial charge in [0.1, 0.15) is 4.90 Å². The normalized spacial score (nSPS) is 35.4. The number of rotatable bonds is 5. The van der Waals surface area contributed by atoms with E-state index in [1.807, 2.05) is 0 Å². The lowest BCUT2D eigenvalue weighted by atomic mass is 9.53. The molecule has 0 aromatic carbocycles. The minimum atomic E-state index is -0.0916. The molecule has 148 valence electrons. The lowest BCUT2D eigenvalue weighted by Crippen LogP contribution is -2.59. The molecule has 1 amide bonds. The molecule has 5 nitrogen and oxygen atoms in total. The van der Waals surface area contributed by atoms with Crippen LogP contribution in [0, 0.1) is 17.8 Å². The Morgan fingerprint density at radius 2 is 1.74 bits per heavy atom. The van der Waals surface area contributed by atoms with Crippen molar-refractivity contribution < 1.29 is 14.1 Å². The number of carbonyl (C=O) groups excluding carboxylic acids is 1. The van der Waals surface area contributed by atoms with E-state index in [2.05, 4.69) is 10.5 Å². The van der Waals surface area contributed by atoms with Crippen molar-refractivity contribution in [1.29, 1.82) is 0 Å². The van der Waals surface area contributed by atoms with E-state index < -0.39 is 0 Å². The maximum absolute atomic E-state index is 13.2. The molecule has 6 rings (SSSR count). The molecule has 0 radical (unpaired) electrons. The quantitative estimate of drug-likeness (QED) is 0.782. The van der Waals surface area contributed by atoms with Gasteiger partial charge in [0.25, 0.3) is 11.8 Å². The van der Waals surface area contributed by atoms with Crippen LogP contribution in [0.25, 0.3) is 0 Å². The van der Waals surface area contributed by atoms with Gasteiger partial charge in [-0.05, 0) is 74.3 Å². The highest BCUT2D eigenvalue weighted by molar-refractivity contribution is 8.00. The molecule has 0 aliphatic heterocycles. The monoisotopic (exact) mass is 390 g/mol. The zero-order chi connectivity index (χ0) is 18.4. The van der Waals surface area contributed by atoms with Gasteiger partial charge in [-0.1, -0.05) is 19.3 Å². The average Bonchev–Trinajstić information content (AvgIpc) is 3.04. The van der Waals surface area contributed by atoms with Crippen LogP contribution >= 0.6 is 11.8 Å². The lowest BCUT2D eigenvalue weighted by Gasteiger charge is -2.56. The number of nitrogens with one attached hydrogen (secondary N) is 1. The van der Waals surface area contributed by atoms with Gasteiger partial charge in [0, 0.05) is 10.8 Å². The Morgan fingerprint density at radius 1 is 1.11 bits per heavy atom. The molecule has 1 aromatic rings. The van der Waals surface area contributed by atoms with E-state index in [0.717, 1.165) is 41.9 Å². The number of thioether (sulfide) groups is 1. The van der Waals surface area contributed by atoms with Gasteiger partial charge in [-0.3, -0.25) is 4.79 Å². The van der Waals surface area contributed by atoms with Crippen LogP contribution in [0.1, 0.15) is 81.2 Å². The Morgan fingerprint density at radius 3 is 2.33 bits per heavy atom. The number of hydrogen-bond donors (Lipinski definition) is 1. The molecule has 5 aliphatic rings. The average molecular weight is 391 g/mol. The van der Waals surface area contributed by atoms with Crippen LogP contribution in [-0.2, 0) is 0 Å². The summed E-state index contributed by atoms with van der Waals surface area (Å²) in [4.78, 5) is 14.0. The van der Waals surface area contributed by atoms with Gasteiger partial charge < -0.3 is 14.6 Å². The van der Waals surface area contributed by atoms with Gasteiger partial charge in [0.05, 0.1) is 7.11 Å². The van der Waals surface area contributed by atoms with Crippen molar-refractivity contribution in [1.82, 2.24) is 10.5 Å². The van der Waals surface area contributed by atoms with Crippen molar-refractivity contribution in [3.63, 3.8) is 0 Å². The Hall–Kier alpha value is -1.17. The third kappa shape index (κ3) is 3.39. The highest BCUT2D eigenvalue weighted by Gasteiger charge is 2.52. The number of methoxy groups -OCH3 is 1. The van der Waals surface area contributed by atoms with Gasteiger partial charge >= 0.3 is 0 Å². The fraction of sp³-hybridized carbons (Fsp3) is 0.810. The molecule has 5 saturated carbocycles. The highest BCUT2D eigenvalue weighted by Crippen LogP contribution is 2.55. The molecular weight excluding hydrogens is 360 g/mol. The van der Waals surface area contributed by atoms with E-state index >= 15 is 0 Å². The fourth-order valence-electron chi connectivity index (χ4n) is 6.56. The third-order valence-electron chi connectivity index (χ3n) is 7.27. The minimum Gasteiger partial charge on any atom is -0.478 e. The van der Waals surface area contributed by atoms with Gasteiger partial charge in [0.2, 0.25) is 5.76 Å². The zero-order valence-electron chi connectivity index (χ0n) is 16.2. The van der Waals surface area contributed by atoms with Crippen LogP contribution < -0.4 is 10.1 Å². The molecule has 5 fully saturated rings. The first-order chi connectivity index (χ1) is 13.1. The van der Waals surface area contributed by atoms with Crippen molar-refractivity contribution >= 4 is 17.7 Å². The Balaban J connectivity index is 1.35. The van der Waals surface area contributed by atoms with E-state index in [9.17, 15) is 4.79 Å². The van der Waals surface area contributed by atoms with Gasteiger partial charge in [-0.2, -0.15) is 0 Å². The van der Waals surface area contributed by atoms with Crippen LogP contribution in [-0.4, -0.2) is 29.0 Å². The van der Waals surface area contributed by atoms with E-state index in [1.54, 1.807) is 18.9 Å². The number of amides is 1. The second-order valence-electron chi connectivity index (χ2n) is 9.38. The summed E-state index contributed by atoms with van der Waals surface area (Å²) < 4.78 is 10.9. The first-order valence-electron chi connectivity index (χ1n) is 10.7. The minimum absolute atomic E-state index is 0.0152. The number of hydrogen-bond acceptors (Lipinski definition) is 5. The maximum atomic E-state index is 13.2. The van der Waals surface area contributed by atoms with Crippen LogP contribution in [0.4, 0.5) is 0 Å². The first-order valence-corrected chi connectivity index (χ1v) is 11.5. The molecule has 0 atom stereocenters. The van der Waals surface area contributed by atoms with Gasteiger partial charge in [0.15, 0.2) is 0 Å². The number of carbonyl (C=O) groups is 1. The van der Waals surface area contributed by atoms with Crippen molar-refractivity contribution in [2.24, 2.45) is 17.8 Å². The fourth-order valence-corrected chi connectivity index (χ4v) is 7.92. The summed E-state index contributed by atoms with van der Waals surface area (Å²) in [7, 11) is 1.60. The second-order valence-corrected chi connectivity index (χ2v) is 10.7. The topological polar surface area (TPSA) is 64.4 Å². The summed E-state index contributed by atoms with van der Waals surface area (Å²) in [5.41, 5.74) is -0.0152. The van der Waals surface area contributed by atoms with Crippen LogP contribution in [0.2, 0.25) is 0 Å². The van der Waals surface area contributed by atoms with Crippen molar-refractivity contribution in [2.75, 3.05) is 7.11 Å². The molecule has 1 aromatic heterocycles. The standard InChI is InChI=1S/C21H30N2O3S/c1-25-20-18(27-16-5-3-2-4-6-16)17(26-23-20)19(24)22-21-10-13-7-14(11-21)9-15(8-13)12-21/h13-16H,2-12H2,1H3,(H,22,24). The Bertz CT molecular complexity index is 675. The summed E-state index contributed by atoms with van der Waals surface area (Å²) in [6, 6.07) is 0. The maximum Gasteiger partial charge on any atom is 0.291 e. The van der Waals surface area contributed by atoms with Crippen LogP contribution in [0.5, 0.6) is 5.88 Å². The van der Waals surface area contributed by atoms with Crippen molar-refractivity contribution in [3.8, 4) is 5.88 Å². The van der Waals surface area contributed by atoms with Crippen molar-refractivity contribution in [2.45, 2.75) is 86.3 Å². The molecule has 0 saturated heterocycles. The lowest BCUT2D eigenvalue weighted by molar-refractivity contribution is -0.0173. The smallest absolute Gasteiger partial charge is 0.291 e. The van der Waals surface area contributed by atoms with Gasteiger partial charge in [-0.25, -0.2) is 0 Å². The molecule has 1 heterocycles. The zero-order valence-corrected chi connectivity index (χ0v) is 17.0. The molecular formula is C21H30N2O3S. The van der Waals surface area contributed by atoms with E-state index in [-0.39, 0.29) is 11.4 Å². The predicted octanol–water partition coefficient (Wildman–Crippen LogP) is 4.81. The SMILES string of the molecule is COc1noc(C(=O)NC23CC4CC(CC(C4)C2)C3)c1SC1CCCCC1. The summed E-state index contributed by atoms with van der Waals surface area (Å²) in [5.74, 6) is 3.14. The largest absolute Gasteiger partial charge is 0.478 e. The van der Waals surface area contributed by atoms with E-state index in [0.29, 0.717) is 16.9 Å². The first kappa shape index (κ1) is 17.9. The number of aromatic nitrogens is 1. The summed E-state index contributed by atoms with van der Waals surface area (Å²) in [6.07, 6.45) is 13.8.